The fourth-order valence-electron chi connectivity index (χ4n) is 3.62. The minimum absolute atomic E-state index is 0.231. The largest absolute Gasteiger partial charge is 0.461 e. The van der Waals surface area contributed by atoms with Crippen LogP contribution < -0.4 is 10.9 Å². The lowest BCUT2D eigenvalue weighted by Crippen LogP contribution is -2.31. The molecule has 0 fully saturated rings. The van der Waals surface area contributed by atoms with Gasteiger partial charge in [0.1, 0.15) is 15.7 Å². The van der Waals surface area contributed by atoms with Gasteiger partial charge in [-0.1, -0.05) is 48.0 Å². The second kappa shape index (κ2) is 10.4. The van der Waals surface area contributed by atoms with Crippen molar-refractivity contribution < 1.29 is 14.3 Å². The highest BCUT2D eigenvalue weighted by molar-refractivity contribution is 7.20. The smallest absolute Gasteiger partial charge is 0.348 e. The Morgan fingerprint density at radius 2 is 1.91 bits per heavy atom. The van der Waals surface area contributed by atoms with Gasteiger partial charge in [-0.3, -0.25) is 14.2 Å². The SMILES string of the molecule is Cc1ccc(NC(=O)C(C)n2cnc3sc(C(=O)OCCc4ccccc4)c(C)c3c2=O)cc1Cl. The summed E-state index contributed by atoms with van der Waals surface area (Å²) in [5.41, 5.74) is 2.60. The van der Waals surface area contributed by atoms with Crippen molar-refractivity contribution in [1.82, 2.24) is 9.55 Å². The number of rotatable bonds is 7. The second-order valence-electron chi connectivity index (χ2n) is 8.19. The topological polar surface area (TPSA) is 90.3 Å². The van der Waals surface area contributed by atoms with Crippen LogP contribution in [0.4, 0.5) is 5.69 Å². The standard InChI is InChI=1S/C26H24ClN3O4S/c1-15-9-10-19(13-20(15)27)29-23(31)17(3)30-14-28-24-21(25(30)32)16(2)22(35-24)26(33)34-12-11-18-7-5-4-6-8-18/h4-10,13-14,17H,11-12H2,1-3H3,(H,29,31). The van der Waals surface area contributed by atoms with Crippen LogP contribution in [0.2, 0.25) is 5.02 Å². The Labute approximate surface area is 211 Å². The number of carbonyl (C=O) groups is 2. The molecule has 4 aromatic rings. The average molecular weight is 510 g/mol. The lowest BCUT2D eigenvalue weighted by Gasteiger charge is -2.15. The molecule has 0 aliphatic rings. The molecule has 0 aliphatic heterocycles. The number of nitrogens with zero attached hydrogens (tertiary/aromatic N) is 2. The first kappa shape index (κ1) is 24.6. The van der Waals surface area contributed by atoms with E-state index in [9.17, 15) is 14.4 Å². The fraction of sp³-hybridized carbons (Fsp3) is 0.231. The first-order valence-corrected chi connectivity index (χ1v) is 12.2. The van der Waals surface area contributed by atoms with Crippen LogP contribution in [0.5, 0.6) is 0 Å². The van der Waals surface area contributed by atoms with E-state index in [0.29, 0.717) is 37.8 Å². The third-order valence-corrected chi connectivity index (χ3v) is 7.35. The number of halogens is 1. The quantitative estimate of drug-likeness (QED) is 0.340. The molecule has 0 saturated carbocycles. The minimum Gasteiger partial charge on any atom is -0.461 e. The van der Waals surface area contributed by atoms with Gasteiger partial charge in [0.2, 0.25) is 5.91 Å². The molecule has 4 rings (SSSR count). The predicted octanol–water partition coefficient (Wildman–Crippen LogP) is 5.33. The third kappa shape index (κ3) is 5.28. The van der Waals surface area contributed by atoms with Crippen LogP contribution in [0.15, 0.2) is 59.7 Å². The van der Waals surface area contributed by atoms with Gasteiger partial charge in [0.25, 0.3) is 5.56 Å². The van der Waals surface area contributed by atoms with Crippen LogP contribution in [-0.2, 0) is 16.0 Å². The lowest BCUT2D eigenvalue weighted by molar-refractivity contribution is -0.118. The maximum Gasteiger partial charge on any atom is 0.348 e. The van der Waals surface area contributed by atoms with E-state index in [-0.39, 0.29) is 12.5 Å². The molecule has 0 aliphatic carbocycles. The fourth-order valence-corrected chi connectivity index (χ4v) is 4.84. The molecule has 0 spiro atoms. The maximum atomic E-state index is 13.3. The molecule has 2 aromatic heterocycles. The Balaban J connectivity index is 1.52. The number of amides is 1. The van der Waals surface area contributed by atoms with E-state index >= 15 is 0 Å². The Hall–Kier alpha value is -3.49. The van der Waals surface area contributed by atoms with Gasteiger partial charge in [-0.25, -0.2) is 9.78 Å². The molecular formula is C26H24ClN3O4S. The van der Waals surface area contributed by atoms with Crippen LogP contribution in [0.1, 0.15) is 39.3 Å². The molecule has 2 heterocycles. The number of aromatic nitrogens is 2. The first-order chi connectivity index (χ1) is 16.8. The zero-order chi connectivity index (χ0) is 25.1. The van der Waals surface area contributed by atoms with Crippen molar-refractivity contribution in [3.05, 3.63) is 91.8 Å². The molecule has 9 heteroatoms. The van der Waals surface area contributed by atoms with E-state index in [4.69, 9.17) is 16.3 Å². The summed E-state index contributed by atoms with van der Waals surface area (Å²) in [5, 5.41) is 3.62. The molecule has 0 radical (unpaired) electrons. The number of hydrogen-bond donors (Lipinski definition) is 1. The summed E-state index contributed by atoms with van der Waals surface area (Å²) in [5.74, 6) is -0.879. The lowest BCUT2D eigenvalue weighted by atomic mass is 10.2. The number of fused-ring (bicyclic) bond motifs is 1. The van der Waals surface area contributed by atoms with Crippen LogP contribution >= 0.6 is 22.9 Å². The number of anilines is 1. The number of carbonyl (C=O) groups excluding carboxylic acids is 2. The number of nitrogens with one attached hydrogen (secondary N) is 1. The second-order valence-corrected chi connectivity index (χ2v) is 9.60. The van der Waals surface area contributed by atoms with Crippen molar-refractivity contribution in [3.8, 4) is 0 Å². The molecule has 1 unspecified atom stereocenters. The molecule has 1 amide bonds. The molecule has 0 bridgehead atoms. The summed E-state index contributed by atoms with van der Waals surface area (Å²) in [7, 11) is 0. The molecule has 1 atom stereocenters. The van der Waals surface area contributed by atoms with Crippen molar-refractivity contribution in [3.63, 3.8) is 0 Å². The van der Waals surface area contributed by atoms with Crippen LogP contribution in [0, 0.1) is 13.8 Å². The van der Waals surface area contributed by atoms with Gasteiger partial charge in [-0.2, -0.15) is 0 Å². The van der Waals surface area contributed by atoms with Crippen molar-refractivity contribution in [2.75, 3.05) is 11.9 Å². The zero-order valence-electron chi connectivity index (χ0n) is 19.5. The summed E-state index contributed by atoms with van der Waals surface area (Å²) in [6, 6.07) is 14.1. The number of hydrogen-bond acceptors (Lipinski definition) is 6. The first-order valence-electron chi connectivity index (χ1n) is 11.0. The normalized spacial score (nSPS) is 11.9. The summed E-state index contributed by atoms with van der Waals surface area (Å²) in [6.45, 7) is 5.40. The average Bonchev–Trinajstić information content (AvgIpc) is 3.19. The molecule has 180 valence electrons. The molecule has 7 nitrogen and oxygen atoms in total. The highest BCUT2D eigenvalue weighted by atomic mass is 35.5. The van der Waals surface area contributed by atoms with E-state index in [1.807, 2.05) is 37.3 Å². The highest BCUT2D eigenvalue weighted by Gasteiger charge is 2.23. The van der Waals surface area contributed by atoms with Gasteiger partial charge < -0.3 is 10.1 Å². The Kier molecular flexibility index (Phi) is 7.33. The van der Waals surface area contributed by atoms with Gasteiger partial charge in [-0.05, 0) is 49.6 Å². The van der Waals surface area contributed by atoms with E-state index in [2.05, 4.69) is 10.3 Å². The Morgan fingerprint density at radius 1 is 1.17 bits per heavy atom. The number of thiophene rings is 1. The predicted molar refractivity (Wildman–Crippen MR) is 139 cm³/mol. The number of benzene rings is 2. The number of aryl methyl sites for hydroxylation is 2. The van der Waals surface area contributed by atoms with Gasteiger partial charge >= 0.3 is 5.97 Å². The van der Waals surface area contributed by atoms with Crippen molar-refractivity contribution in [1.29, 1.82) is 0 Å². The van der Waals surface area contributed by atoms with Gasteiger partial charge in [0.05, 0.1) is 18.3 Å². The number of ether oxygens (including phenoxy) is 1. The van der Waals surface area contributed by atoms with E-state index in [1.165, 1.54) is 10.9 Å². The van der Waals surface area contributed by atoms with Gasteiger partial charge in [0, 0.05) is 17.1 Å². The van der Waals surface area contributed by atoms with E-state index < -0.39 is 17.6 Å². The van der Waals surface area contributed by atoms with E-state index in [0.717, 1.165) is 22.5 Å². The van der Waals surface area contributed by atoms with Crippen molar-refractivity contribution >= 4 is 50.7 Å². The van der Waals surface area contributed by atoms with Crippen molar-refractivity contribution in [2.45, 2.75) is 33.2 Å². The highest BCUT2D eigenvalue weighted by Crippen LogP contribution is 2.28. The third-order valence-electron chi connectivity index (χ3n) is 5.76. The summed E-state index contributed by atoms with van der Waals surface area (Å²) >= 11 is 7.25. The molecule has 1 N–H and O–H groups in total. The van der Waals surface area contributed by atoms with E-state index in [1.54, 1.807) is 32.0 Å². The van der Waals surface area contributed by atoms with Crippen molar-refractivity contribution in [2.24, 2.45) is 0 Å². The van der Waals surface area contributed by atoms with Crippen LogP contribution in [-0.4, -0.2) is 28.0 Å². The summed E-state index contributed by atoms with van der Waals surface area (Å²) in [4.78, 5) is 43.9. The van der Waals surface area contributed by atoms with Crippen LogP contribution in [0.25, 0.3) is 10.2 Å². The molecule has 0 saturated heterocycles. The number of esters is 1. The minimum atomic E-state index is -0.833. The maximum absolute atomic E-state index is 13.3. The van der Waals surface area contributed by atoms with Crippen LogP contribution in [0.3, 0.4) is 0 Å². The molecular weight excluding hydrogens is 486 g/mol. The van der Waals surface area contributed by atoms with Gasteiger partial charge in [-0.15, -0.1) is 11.3 Å². The summed E-state index contributed by atoms with van der Waals surface area (Å²) in [6.07, 6.45) is 1.93. The molecule has 35 heavy (non-hydrogen) atoms. The van der Waals surface area contributed by atoms with Gasteiger partial charge in [0.15, 0.2) is 0 Å². The zero-order valence-corrected chi connectivity index (χ0v) is 21.1. The Morgan fingerprint density at radius 3 is 2.63 bits per heavy atom. The summed E-state index contributed by atoms with van der Waals surface area (Å²) < 4.78 is 6.70. The Bertz CT molecular complexity index is 1460. The monoisotopic (exact) mass is 509 g/mol. The molecule has 2 aromatic carbocycles.